The number of pyridine rings is 1. The predicted octanol–water partition coefficient (Wildman–Crippen LogP) is 4.19. The number of carbonyl (C=O) groups excluding carboxylic acids is 1. The van der Waals surface area contributed by atoms with Gasteiger partial charge < -0.3 is 4.90 Å². The van der Waals surface area contributed by atoms with E-state index in [-0.39, 0.29) is 11.8 Å². The lowest BCUT2D eigenvalue weighted by Crippen LogP contribution is -2.37. The molecule has 1 aliphatic rings. The van der Waals surface area contributed by atoms with Crippen LogP contribution in [0.1, 0.15) is 43.6 Å². The highest BCUT2D eigenvalue weighted by Crippen LogP contribution is 2.27. The molecule has 4 rings (SSSR count). The number of amides is 1. The Morgan fingerprint density at radius 3 is 2.45 bits per heavy atom. The Morgan fingerprint density at radius 1 is 1.03 bits per heavy atom. The van der Waals surface area contributed by atoms with Gasteiger partial charge in [-0.15, -0.1) is 0 Å². The van der Waals surface area contributed by atoms with Gasteiger partial charge in [-0.1, -0.05) is 38.1 Å². The van der Waals surface area contributed by atoms with Crippen molar-refractivity contribution in [2.45, 2.75) is 39.7 Å². The molecule has 1 amide bonds. The fourth-order valence-electron chi connectivity index (χ4n) is 4.50. The van der Waals surface area contributed by atoms with Gasteiger partial charge >= 0.3 is 0 Å². The fraction of sp³-hybridized carbons (Fsp3) is 0.407. The van der Waals surface area contributed by atoms with Gasteiger partial charge in [0.05, 0.1) is 5.92 Å². The molecule has 1 aromatic carbocycles. The lowest BCUT2D eigenvalue weighted by molar-refractivity contribution is -0.134. The Bertz CT molecular complexity index is 1050. The van der Waals surface area contributed by atoms with Crippen LogP contribution in [-0.2, 0) is 17.8 Å². The molecule has 0 saturated carbocycles. The monoisotopic (exact) mass is 443 g/mol. The first-order valence-corrected chi connectivity index (χ1v) is 11.9. The molecule has 0 N–H and O–H groups in total. The summed E-state index contributed by atoms with van der Waals surface area (Å²) >= 11 is 0. The molecule has 3 aromatic rings. The van der Waals surface area contributed by atoms with Crippen LogP contribution in [0.5, 0.6) is 0 Å². The summed E-state index contributed by atoms with van der Waals surface area (Å²) in [6, 6.07) is 12.4. The van der Waals surface area contributed by atoms with E-state index in [1.165, 1.54) is 11.1 Å². The first kappa shape index (κ1) is 23.1. The molecule has 1 saturated heterocycles. The molecule has 33 heavy (non-hydrogen) atoms. The maximum Gasteiger partial charge on any atom is 0.227 e. The van der Waals surface area contributed by atoms with Crippen LogP contribution in [0.25, 0.3) is 11.1 Å². The average Bonchev–Trinajstić information content (AvgIpc) is 2.98. The zero-order chi connectivity index (χ0) is 23.2. The topological polar surface area (TPSA) is 62.2 Å². The van der Waals surface area contributed by atoms with Crippen molar-refractivity contribution in [3.05, 3.63) is 78.1 Å². The Morgan fingerprint density at radius 2 is 1.76 bits per heavy atom. The molecule has 172 valence electrons. The van der Waals surface area contributed by atoms with Crippen molar-refractivity contribution in [2.75, 3.05) is 26.2 Å². The van der Waals surface area contributed by atoms with Gasteiger partial charge in [0.1, 0.15) is 5.82 Å². The van der Waals surface area contributed by atoms with E-state index in [0.29, 0.717) is 12.3 Å². The molecule has 0 aliphatic carbocycles. The van der Waals surface area contributed by atoms with Gasteiger partial charge in [-0.25, -0.2) is 9.97 Å². The molecule has 0 radical (unpaired) electrons. The molecule has 1 unspecified atom stereocenters. The summed E-state index contributed by atoms with van der Waals surface area (Å²) in [4.78, 5) is 31.0. The minimum atomic E-state index is -0.0914. The third-order valence-corrected chi connectivity index (χ3v) is 6.33. The lowest BCUT2D eigenvalue weighted by Gasteiger charge is -2.24. The van der Waals surface area contributed by atoms with E-state index in [1.54, 1.807) is 0 Å². The van der Waals surface area contributed by atoms with Crippen LogP contribution in [0.4, 0.5) is 0 Å². The molecule has 3 heterocycles. The van der Waals surface area contributed by atoms with E-state index in [0.717, 1.165) is 49.7 Å². The van der Waals surface area contributed by atoms with Gasteiger partial charge in [0.25, 0.3) is 0 Å². The number of likely N-dealkylation sites (N-methyl/N-ethyl adjacent to an activating group) is 1. The van der Waals surface area contributed by atoms with E-state index in [1.807, 2.05) is 41.8 Å². The number of nitrogens with zero attached hydrogens (tertiary/aromatic N) is 5. The number of hydrogen-bond acceptors (Lipinski definition) is 5. The number of hydrogen-bond donors (Lipinski definition) is 0. The van der Waals surface area contributed by atoms with Crippen LogP contribution < -0.4 is 0 Å². The predicted molar refractivity (Wildman–Crippen MR) is 131 cm³/mol. The van der Waals surface area contributed by atoms with Gasteiger partial charge in [-0.05, 0) is 42.2 Å². The quantitative estimate of drug-likeness (QED) is 0.548. The molecular weight excluding hydrogens is 410 g/mol. The van der Waals surface area contributed by atoms with Crippen LogP contribution in [0.2, 0.25) is 0 Å². The summed E-state index contributed by atoms with van der Waals surface area (Å²) in [6.07, 6.45) is 8.21. The smallest absolute Gasteiger partial charge is 0.227 e. The summed E-state index contributed by atoms with van der Waals surface area (Å²) in [5.74, 6) is 1.34. The molecule has 1 atom stereocenters. The van der Waals surface area contributed by atoms with Gasteiger partial charge in [0.2, 0.25) is 5.91 Å². The van der Waals surface area contributed by atoms with E-state index in [2.05, 4.69) is 64.9 Å². The van der Waals surface area contributed by atoms with Crippen LogP contribution in [-0.4, -0.2) is 56.8 Å². The molecule has 6 heteroatoms. The van der Waals surface area contributed by atoms with Crippen molar-refractivity contribution in [3.8, 4) is 11.1 Å². The first-order chi connectivity index (χ1) is 16.0. The summed E-state index contributed by atoms with van der Waals surface area (Å²) in [6.45, 7) is 10.1. The first-order valence-electron chi connectivity index (χ1n) is 11.9. The fourth-order valence-corrected chi connectivity index (χ4v) is 4.50. The maximum atomic E-state index is 13.4. The summed E-state index contributed by atoms with van der Waals surface area (Å²) in [5, 5.41) is 0. The zero-order valence-corrected chi connectivity index (χ0v) is 19.8. The number of rotatable bonds is 7. The van der Waals surface area contributed by atoms with Crippen molar-refractivity contribution < 1.29 is 4.79 Å². The minimum absolute atomic E-state index is 0.0914. The summed E-state index contributed by atoms with van der Waals surface area (Å²) < 4.78 is 0. The molecule has 1 aliphatic heterocycles. The number of aromatic nitrogens is 3. The van der Waals surface area contributed by atoms with E-state index in [9.17, 15) is 4.79 Å². The van der Waals surface area contributed by atoms with Crippen LogP contribution in [0, 0.1) is 5.92 Å². The van der Waals surface area contributed by atoms with Crippen molar-refractivity contribution in [2.24, 2.45) is 5.92 Å². The molecule has 0 bridgehead atoms. The molecular formula is C27H33N5O. The summed E-state index contributed by atoms with van der Waals surface area (Å²) in [7, 11) is 0. The molecule has 1 fully saturated rings. The van der Waals surface area contributed by atoms with Gasteiger partial charge in [0.15, 0.2) is 0 Å². The van der Waals surface area contributed by atoms with Gasteiger partial charge in [-0.3, -0.25) is 14.7 Å². The second-order valence-corrected chi connectivity index (χ2v) is 9.05. The second-order valence-electron chi connectivity index (χ2n) is 9.05. The minimum Gasteiger partial charge on any atom is -0.341 e. The van der Waals surface area contributed by atoms with Crippen LogP contribution in [0.3, 0.4) is 0 Å². The van der Waals surface area contributed by atoms with E-state index < -0.39 is 0 Å². The van der Waals surface area contributed by atoms with Crippen LogP contribution >= 0.6 is 0 Å². The highest BCUT2D eigenvalue weighted by atomic mass is 16.2. The highest BCUT2D eigenvalue weighted by Gasteiger charge is 2.30. The standard InChI is InChI=1S/C27H33N5O/c1-4-32-14-13-31(18-21-16-29-26(20(2)3)30-17-21)19-24(27(32)33)15-23-7-5-6-8-25(23)22-9-11-28-12-10-22/h5-12,16-17,20,24H,4,13-15,18-19H2,1-3H3. The second kappa shape index (κ2) is 10.7. The third-order valence-electron chi connectivity index (χ3n) is 6.33. The van der Waals surface area contributed by atoms with Crippen LogP contribution in [0.15, 0.2) is 61.2 Å². The largest absolute Gasteiger partial charge is 0.341 e. The molecule has 0 spiro atoms. The average molecular weight is 444 g/mol. The third kappa shape index (κ3) is 5.63. The Labute approximate surface area is 196 Å². The van der Waals surface area contributed by atoms with Gasteiger partial charge in [-0.2, -0.15) is 0 Å². The Hall–Kier alpha value is -3.12. The molecule has 6 nitrogen and oxygen atoms in total. The van der Waals surface area contributed by atoms with E-state index in [4.69, 9.17) is 0 Å². The Kier molecular flexibility index (Phi) is 7.45. The van der Waals surface area contributed by atoms with Crippen molar-refractivity contribution in [1.82, 2.24) is 24.8 Å². The number of benzene rings is 1. The van der Waals surface area contributed by atoms with Crippen molar-refractivity contribution in [3.63, 3.8) is 0 Å². The number of carbonyl (C=O) groups is 1. The van der Waals surface area contributed by atoms with E-state index >= 15 is 0 Å². The zero-order valence-electron chi connectivity index (χ0n) is 19.8. The van der Waals surface area contributed by atoms with Crippen molar-refractivity contribution >= 4 is 5.91 Å². The summed E-state index contributed by atoms with van der Waals surface area (Å²) in [5.41, 5.74) is 4.59. The van der Waals surface area contributed by atoms with Crippen molar-refractivity contribution in [1.29, 1.82) is 0 Å². The normalized spacial score (nSPS) is 17.4. The SMILES string of the molecule is CCN1CCN(Cc2cnc(C(C)C)nc2)CC(Cc2ccccc2-c2ccncc2)C1=O. The Balaban J connectivity index is 1.55. The maximum absolute atomic E-state index is 13.4. The molecule has 2 aromatic heterocycles. The lowest BCUT2D eigenvalue weighted by atomic mass is 9.91. The van der Waals surface area contributed by atoms with Gasteiger partial charge in [0, 0.05) is 69.0 Å². The highest BCUT2D eigenvalue weighted by molar-refractivity contribution is 5.80.